The first kappa shape index (κ1) is 19.8. The van der Waals surface area contributed by atoms with Gasteiger partial charge in [0.05, 0.1) is 28.6 Å². The minimum Gasteiger partial charge on any atom is -0.465 e. The molecule has 9 heteroatoms. The van der Waals surface area contributed by atoms with Crippen molar-refractivity contribution < 1.29 is 19.2 Å². The van der Waals surface area contributed by atoms with Gasteiger partial charge >= 0.3 is 5.97 Å². The summed E-state index contributed by atoms with van der Waals surface area (Å²) in [5, 5.41) is 14.0. The van der Waals surface area contributed by atoms with Crippen molar-refractivity contribution in [3.05, 3.63) is 94.0 Å². The van der Waals surface area contributed by atoms with E-state index in [1.807, 2.05) is 54.6 Å². The number of esters is 1. The van der Waals surface area contributed by atoms with Crippen LogP contribution in [0, 0.1) is 10.1 Å². The first-order valence-electron chi connectivity index (χ1n) is 9.20. The highest BCUT2D eigenvalue weighted by Crippen LogP contribution is 2.25. The highest BCUT2D eigenvalue weighted by Gasteiger charge is 2.20. The monoisotopic (exact) mass is 416 g/mol. The van der Waals surface area contributed by atoms with Crippen molar-refractivity contribution in [3.63, 3.8) is 0 Å². The average Bonchev–Trinajstić information content (AvgIpc) is 3.16. The number of benzene rings is 3. The van der Waals surface area contributed by atoms with Crippen LogP contribution in [0.2, 0.25) is 0 Å². The molecule has 4 aromatic rings. The zero-order valence-corrected chi connectivity index (χ0v) is 16.3. The number of fused-ring (bicyclic) bond motifs is 1. The number of nitrogens with one attached hydrogen (secondary N) is 1. The van der Waals surface area contributed by atoms with E-state index >= 15 is 0 Å². The molecule has 0 saturated heterocycles. The summed E-state index contributed by atoms with van der Waals surface area (Å²) in [5.74, 6) is -1.20. The van der Waals surface area contributed by atoms with Crippen molar-refractivity contribution >= 4 is 34.5 Å². The second kappa shape index (κ2) is 8.07. The molecule has 0 bridgehead atoms. The molecule has 0 aliphatic rings. The smallest absolute Gasteiger partial charge is 0.338 e. The molecule has 1 heterocycles. The van der Waals surface area contributed by atoms with Crippen molar-refractivity contribution in [1.29, 1.82) is 0 Å². The molecule has 0 fully saturated rings. The average molecular weight is 416 g/mol. The summed E-state index contributed by atoms with van der Waals surface area (Å²) in [6.45, 7) is 0. The molecule has 0 radical (unpaired) electrons. The zero-order chi connectivity index (χ0) is 22.0. The molecule has 31 heavy (non-hydrogen) atoms. The van der Waals surface area contributed by atoms with Crippen molar-refractivity contribution in [1.82, 2.24) is 9.55 Å². The molecule has 0 aliphatic carbocycles. The Hall–Kier alpha value is -4.53. The number of nitro groups is 1. The molecule has 0 aliphatic heterocycles. The second-order valence-electron chi connectivity index (χ2n) is 6.57. The van der Waals surface area contributed by atoms with Crippen LogP contribution in [0.15, 0.2) is 72.8 Å². The Balaban J connectivity index is 1.79. The van der Waals surface area contributed by atoms with Gasteiger partial charge in [-0.25, -0.2) is 9.78 Å². The van der Waals surface area contributed by atoms with E-state index in [-0.39, 0.29) is 17.1 Å². The number of ether oxygens (including phenoxy) is 1. The Kier molecular flexibility index (Phi) is 5.15. The van der Waals surface area contributed by atoms with Crippen LogP contribution in [0.1, 0.15) is 20.7 Å². The van der Waals surface area contributed by atoms with E-state index in [0.29, 0.717) is 5.52 Å². The number of hydrogen-bond acceptors (Lipinski definition) is 6. The van der Waals surface area contributed by atoms with Crippen molar-refractivity contribution in [2.45, 2.75) is 0 Å². The lowest BCUT2D eigenvalue weighted by Crippen LogP contribution is -2.17. The Labute approximate surface area is 176 Å². The number of methoxy groups -OCH3 is 1. The van der Waals surface area contributed by atoms with Crippen LogP contribution in [0.25, 0.3) is 16.7 Å². The molecule has 3 aromatic carbocycles. The summed E-state index contributed by atoms with van der Waals surface area (Å²) in [6.07, 6.45) is 0. The minimum absolute atomic E-state index is 0.0683. The Bertz CT molecular complexity index is 1310. The standard InChI is InChI=1S/C22H16N4O5/c1-31-21(28)15-11-14(12-17(13-15)26(29)30)20(27)24-22-23-18-9-5-6-10-19(18)25(22)16-7-3-2-4-8-16/h2-13H,1H3,(H,23,24,27). The number of carbonyl (C=O) groups excluding carboxylic acids is 2. The fraction of sp³-hybridized carbons (Fsp3) is 0.0455. The number of rotatable bonds is 5. The van der Waals surface area contributed by atoms with Crippen LogP contribution in [-0.2, 0) is 4.74 Å². The Morgan fingerprint density at radius 3 is 2.39 bits per heavy atom. The maximum atomic E-state index is 13.0. The van der Waals surface area contributed by atoms with E-state index in [0.717, 1.165) is 30.4 Å². The van der Waals surface area contributed by atoms with Gasteiger partial charge in [-0.05, 0) is 30.3 Å². The second-order valence-corrected chi connectivity index (χ2v) is 6.57. The number of imidazole rings is 1. The maximum Gasteiger partial charge on any atom is 0.338 e. The van der Waals surface area contributed by atoms with Crippen LogP contribution in [-0.4, -0.2) is 33.5 Å². The van der Waals surface area contributed by atoms with Crippen LogP contribution < -0.4 is 5.32 Å². The van der Waals surface area contributed by atoms with Gasteiger partial charge in [-0.15, -0.1) is 0 Å². The number of anilines is 1. The van der Waals surface area contributed by atoms with Gasteiger partial charge in [-0.3, -0.25) is 24.8 Å². The number of nitro benzene ring substituents is 1. The van der Waals surface area contributed by atoms with Gasteiger partial charge in [0.15, 0.2) is 0 Å². The molecule has 9 nitrogen and oxygen atoms in total. The molecule has 1 N–H and O–H groups in total. The number of non-ortho nitro benzene ring substituents is 1. The molecule has 0 spiro atoms. The van der Waals surface area contributed by atoms with Crippen LogP contribution in [0.5, 0.6) is 0 Å². The van der Waals surface area contributed by atoms with E-state index in [9.17, 15) is 19.7 Å². The highest BCUT2D eigenvalue weighted by molar-refractivity contribution is 6.06. The summed E-state index contributed by atoms with van der Waals surface area (Å²) in [4.78, 5) is 39.9. The highest BCUT2D eigenvalue weighted by atomic mass is 16.6. The maximum absolute atomic E-state index is 13.0. The molecular formula is C22H16N4O5. The SMILES string of the molecule is COC(=O)c1cc(C(=O)Nc2nc3ccccc3n2-c2ccccc2)cc([N+](=O)[O-])c1. The largest absolute Gasteiger partial charge is 0.465 e. The molecule has 4 rings (SSSR count). The number of carbonyl (C=O) groups is 2. The summed E-state index contributed by atoms with van der Waals surface area (Å²) in [5.41, 5.74) is 1.65. The van der Waals surface area contributed by atoms with Gasteiger partial charge in [0.2, 0.25) is 5.95 Å². The summed E-state index contributed by atoms with van der Waals surface area (Å²) < 4.78 is 6.40. The van der Waals surface area contributed by atoms with E-state index in [2.05, 4.69) is 15.0 Å². The molecule has 1 aromatic heterocycles. The van der Waals surface area contributed by atoms with Crippen LogP contribution >= 0.6 is 0 Å². The fourth-order valence-electron chi connectivity index (χ4n) is 3.21. The van der Waals surface area contributed by atoms with Crippen LogP contribution in [0.3, 0.4) is 0 Å². The normalized spacial score (nSPS) is 10.6. The third-order valence-electron chi connectivity index (χ3n) is 4.61. The Morgan fingerprint density at radius 2 is 1.68 bits per heavy atom. The third kappa shape index (κ3) is 3.84. The van der Waals surface area contributed by atoms with Crippen molar-refractivity contribution in [2.24, 2.45) is 0 Å². The number of aromatic nitrogens is 2. The molecule has 154 valence electrons. The number of para-hydroxylation sites is 3. The zero-order valence-electron chi connectivity index (χ0n) is 16.3. The lowest BCUT2D eigenvalue weighted by atomic mass is 10.1. The molecule has 1 amide bonds. The van der Waals surface area contributed by atoms with Gasteiger partial charge in [0.25, 0.3) is 11.6 Å². The number of nitrogens with zero attached hydrogens (tertiary/aromatic N) is 3. The van der Waals surface area contributed by atoms with Gasteiger partial charge < -0.3 is 4.74 Å². The predicted octanol–water partition coefficient (Wildman–Crippen LogP) is 3.97. The predicted molar refractivity (Wildman–Crippen MR) is 113 cm³/mol. The topological polar surface area (TPSA) is 116 Å². The number of amides is 1. The quantitative estimate of drug-likeness (QED) is 0.299. The first-order valence-corrected chi connectivity index (χ1v) is 9.20. The minimum atomic E-state index is -0.783. The van der Waals surface area contributed by atoms with E-state index in [1.54, 1.807) is 4.57 Å². The van der Waals surface area contributed by atoms with E-state index < -0.39 is 22.5 Å². The van der Waals surface area contributed by atoms with Crippen LogP contribution in [0.4, 0.5) is 11.6 Å². The third-order valence-corrected chi connectivity index (χ3v) is 4.61. The Morgan fingerprint density at radius 1 is 1.00 bits per heavy atom. The lowest BCUT2D eigenvalue weighted by molar-refractivity contribution is -0.384. The molecular weight excluding hydrogens is 400 g/mol. The first-order chi connectivity index (χ1) is 15.0. The molecule has 0 unspecified atom stereocenters. The lowest BCUT2D eigenvalue weighted by Gasteiger charge is -2.10. The van der Waals surface area contributed by atoms with Crippen molar-refractivity contribution in [3.8, 4) is 5.69 Å². The van der Waals surface area contributed by atoms with Gasteiger partial charge in [-0.1, -0.05) is 30.3 Å². The van der Waals surface area contributed by atoms with Gasteiger partial charge in [-0.2, -0.15) is 0 Å². The fourth-order valence-corrected chi connectivity index (χ4v) is 3.21. The molecule has 0 atom stereocenters. The van der Waals surface area contributed by atoms with E-state index in [1.165, 1.54) is 6.07 Å². The summed E-state index contributed by atoms with van der Waals surface area (Å²) >= 11 is 0. The summed E-state index contributed by atoms with van der Waals surface area (Å²) in [6, 6.07) is 20.1. The summed E-state index contributed by atoms with van der Waals surface area (Å²) in [7, 11) is 1.16. The van der Waals surface area contributed by atoms with Gasteiger partial charge in [0, 0.05) is 23.4 Å². The van der Waals surface area contributed by atoms with E-state index in [4.69, 9.17) is 0 Å². The van der Waals surface area contributed by atoms with Crippen molar-refractivity contribution in [2.75, 3.05) is 12.4 Å². The molecule has 0 saturated carbocycles. The van der Waals surface area contributed by atoms with Gasteiger partial charge in [0.1, 0.15) is 0 Å². The number of hydrogen-bond donors (Lipinski definition) is 1.